The fraction of sp³-hybridized carbons (Fsp3) is 0.625. The molecular weight excluding hydrogens is 350 g/mol. The normalized spacial score (nSPS) is 13.2. The summed E-state index contributed by atoms with van der Waals surface area (Å²) in [5.41, 5.74) is 0. The van der Waals surface area contributed by atoms with Gasteiger partial charge in [0.25, 0.3) is 0 Å². The van der Waals surface area contributed by atoms with Crippen molar-refractivity contribution in [3.8, 4) is 5.75 Å². The fourth-order valence-electron chi connectivity index (χ4n) is 2.14. The van der Waals surface area contributed by atoms with Gasteiger partial charge in [0.2, 0.25) is 0 Å². The molecule has 0 saturated heterocycles. The molecule has 21 heavy (non-hydrogen) atoms. The van der Waals surface area contributed by atoms with Gasteiger partial charge in [-0.3, -0.25) is 0 Å². The Balaban J connectivity index is 2.29. The van der Waals surface area contributed by atoms with Crippen molar-refractivity contribution in [3.63, 3.8) is 0 Å². The van der Waals surface area contributed by atoms with Crippen molar-refractivity contribution < 1.29 is 9.84 Å². The molecule has 1 atom stereocenters. The first kappa shape index (κ1) is 18.8. The summed E-state index contributed by atoms with van der Waals surface area (Å²) in [6, 6.07) is 7.65. The molecule has 0 aliphatic rings. The molecule has 0 spiro atoms. The molecule has 0 amide bonds. The molecule has 1 aromatic rings. The van der Waals surface area contributed by atoms with E-state index in [0.29, 0.717) is 13.2 Å². The zero-order valence-corrected chi connectivity index (χ0v) is 15.5. The maximum absolute atomic E-state index is 9.99. The molecule has 0 radical (unpaired) electrons. The molecule has 0 fully saturated rings. The number of benzene rings is 1. The second-order valence-electron chi connectivity index (χ2n) is 5.15. The predicted octanol–water partition coefficient (Wildman–Crippen LogP) is 3.70. The molecule has 0 saturated carbocycles. The van der Waals surface area contributed by atoms with Crippen LogP contribution in [0.15, 0.2) is 28.7 Å². The van der Waals surface area contributed by atoms with Gasteiger partial charge in [-0.05, 0) is 37.3 Å². The van der Waals surface area contributed by atoms with E-state index in [2.05, 4.69) is 41.3 Å². The summed E-state index contributed by atoms with van der Waals surface area (Å²) < 4.78 is 6.83. The number of rotatable bonds is 10. The van der Waals surface area contributed by atoms with Gasteiger partial charge in [-0.1, -0.05) is 35.8 Å². The van der Waals surface area contributed by atoms with Crippen molar-refractivity contribution in [2.45, 2.75) is 37.5 Å². The smallest absolute Gasteiger partial charge is 0.120 e. The topological polar surface area (TPSA) is 41.5 Å². The summed E-state index contributed by atoms with van der Waals surface area (Å²) in [4.78, 5) is 0. The van der Waals surface area contributed by atoms with E-state index in [9.17, 15) is 5.11 Å². The Morgan fingerprint density at radius 1 is 1.38 bits per heavy atom. The van der Waals surface area contributed by atoms with E-state index in [4.69, 9.17) is 4.74 Å². The first-order valence-electron chi connectivity index (χ1n) is 7.37. The lowest BCUT2D eigenvalue weighted by Gasteiger charge is -2.30. The molecule has 1 unspecified atom stereocenters. The van der Waals surface area contributed by atoms with Gasteiger partial charge in [-0.25, -0.2) is 0 Å². The number of nitrogens with one attached hydrogen (secondary N) is 1. The summed E-state index contributed by atoms with van der Waals surface area (Å²) in [7, 11) is 0. The zero-order valence-electron chi connectivity index (χ0n) is 13.1. The lowest BCUT2D eigenvalue weighted by molar-refractivity contribution is 0.106. The van der Waals surface area contributed by atoms with Crippen LogP contribution in [0, 0.1) is 0 Å². The molecule has 1 rings (SSSR count). The van der Waals surface area contributed by atoms with Crippen LogP contribution in [0.3, 0.4) is 0 Å². The van der Waals surface area contributed by atoms with Gasteiger partial charge >= 0.3 is 0 Å². The molecule has 0 aromatic heterocycles. The Morgan fingerprint density at radius 2 is 2.10 bits per heavy atom. The summed E-state index contributed by atoms with van der Waals surface area (Å²) in [6.45, 7) is 6.20. The molecule has 3 nitrogen and oxygen atoms in total. The van der Waals surface area contributed by atoms with Crippen LogP contribution >= 0.6 is 27.7 Å². The van der Waals surface area contributed by atoms with Crippen molar-refractivity contribution in [2.75, 3.05) is 26.0 Å². The lowest BCUT2D eigenvalue weighted by Crippen LogP contribution is -2.41. The largest absolute Gasteiger partial charge is 0.491 e. The van der Waals surface area contributed by atoms with Crippen LogP contribution in [0.25, 0.3) is 0 Å². The highest BCUT2D eigenvalue weighted by Gasteiger charge is 2.24. The van der Waals surface area contributed by atoms with Gasteiger partial charge in [0.15, 0.2) is 0 Å². The highest BCUT2D eigenvalue weighted by molar-refractivity contribution is 9.10. The minimum atomic E-state index is -0.503. The minimum absolute atomic E-state index is 0.269. The molecule has 0 heterocycles. The third kappa shape index (κ3) is 6.59. The fourth-order valence-corrected chi connectivity index (χ4v) is 3.34. The third-order valence-corrected chi connectivity index (χ3v) is 5.87. The van der Waals surface area contributed by atoms with Crippen molar-refractivity contribution in [2.24, 2.45) is 0 Å². The second-order valence-corrected chi connectivity index (χ2v) is 7.34. The van der Waals surface area contributed by atoms with Crippen LogP contribution < -0.4 is 10.1 Å². The first-order valence-corrected chi connectivity index (χ1v) is 9.39. The number of hydrogen-bond acceptors (Lipinski definition) is 4. The maximum Gasteiger partial charge on any atom is 0.120 e. The SMILES string of the molecule is CCC(CC)(CNCC(O)COc1cccc(Br)c1)SC. The molecule has 0 bridgehead atoms. The number of aliphatic hydroxyl groups excluding tert-OH is 1. The van der Waals surface area contributed by atoms with Crippen LogP contribution in [0.2, 0.25) is 0 Å². The first-order chi connectivity index (χ1) is 10.0. The number of thioether (sulfide) groups is 1. The van der Waals surface area contributed by atoms with Gasteiger partial charge in [-0.15, -0.1) is 0 Å². The standard InChI is InChI=1S/C16H26BrNO2S/c1-4-16(5-2,21-3)12-18-10-14(19)11-20-15-8-6-7-13(17)9-15/h6-9,14,18-19H,4-5,10-12H2,1-3H3. The van der Waals surface area contributed by atoms with E-state index in [1.807, 2.05) is 36.0 Å². The molecule has 0 aliphatic heterocycles. The van der Waals surface area contributed by atoms with Crippen molar-refractivity contribution >= 4 is 27.7 Å². The Labute approximate surface area is 141 Å². The molecule has 1 aromatic carbocycles. The van der Waals surface area contributed by atoms with Crippen molar-refractivity contribution in [3.05, 3.63) is 28.7 Å². The average Bonchev–Trinajstić information content (AvgIpc) is 2.50. The van der Waals surface area contributed by atoms with Crippen LogP contribution in [0.5, 0.6) is 5.75 Å². The molecule has 2 N–H and O–H groups in total. The highest BCUT2D eigenvalue weighted by Crippen LogP contribution is 2.29. The molecule has 120 valence electrons. The van der Waals surface area contributed by atoms with Gasteiger partial charge < -0.3 is 15.2 Å². The van der Waals surface area contributed by atoms with Crippen molar-refractivity contribution in [1.29, 1.82) is 0 Å². The van der Waals surface area contributed by atoms with Crippen LogP contribution in [-0.4, -0.2) is 41.9 Å². The Morgan fingerprint density at radius 3 is 2.67 bits per heavy atom. The van der Waals surface area contributed by atoms with Gasteiger partial charge in [0.1, 0.15) is 18.5 Å². The monoisotopic (exact) mass is 375 g/mol. The predicted molar refractivity (Wildman–Crippen MR) is 95.3 cm³/mol. The van der Waals surface area contributed by atoms with E-state index in [1.165, 1.54) is 0 Å². The third-order valence-electron chi connectivity index (χ3n) is 3.79. The van der Waals surface area contributed by atoms with Gasteiger partial charge in [0.05, 0.1) is 0 Å². The van der Waals surface area contributed by atoms with E-state index in [-0.39, 0.29) is 4.75 Å². The summed E-state index contributed by atoms with van der Waals surface area (Å²) in [6.07, 6.45) is 3.91. The molecular formula is C16H26BrNO2S. The quantitative estimate of drug-likeness (QED) is 0.654. The molecule has 5 heteroatoms. The zero-order chi connectivity index (χ0) is 15.7. The highest BCUT2D eigenvalue weighted by atomic mass is 79.9. The van der Waals surface area contributed by atoms with E-state index in [1.54, 1.807) is 0 Å². The molecule has 0 aliphatic carbocycles. The van der Waals surface area contributed by atoms with E-state index in [0.717, 1.165) is 29.6 Å². The number of hydrogen-bond donors (Lipinski definition) is 2. The maximum atomic E-state index is 9.99. The number of ether oxygens (including phenoxy) is 1. The van der Waals surface area contributed by atoms with Crippen LogP contribution in [-0.2, 0) is 0 Å². The van der Waals surface area contributed by atoms with Gasteiger partial charge in [0, 0.05) is 22.3 Å². The van der Waals surface area contributed by atoms with E-state index < -0.39 is 6.10 Å². The summed E-state index contributed by atoms with van der Waals surface area (Å²) >= 11 is 5.30. The Kier molecular flexibility index (Phi) is 8.71. The lowest BCUT2D eigenvalue weighted by atomic mass is 10.0. The number of halogens is 1. The Bertz CT molecular complexity index is 405. The van der Waals surface area contributed by atoms with E-state index >= 15 is 0 Å². The van der Waals surface area contributed by atoms with Crippen LogP contribution in [0.1, 0.15) is 26.7 Å². The summed E-state index contributed by atoms with van der Waals surface area (Å²) in [5, 5.41) is 13.4. The average molecular weight is 376 g/mol. The second kappa shape index (κ2) is 9.72. The Hall–Kier alpha value is -0.230. The van der Waals surface area contributed by atoms with Crippen LogP contribution in [0.4, 0.5) is 0 Å². The van der Waals surface area contributed by atoms with Gasteiger partial charge in [-0.2, -0.15) is 11.8 Å². The minimum Gasteiger partial charge on any atom is -0.491 e. The van der Waals surface area contributed by atoms with Crippen molar-refractivity contribution in [1.82, 2.24) is 5.32 Å². The number of aliphatic hydroxyl groups is 1. The summed E-state index contributed by atoms with van der Waals surface area (Å²) in [5.74, 6) is 0.768.